The third-order valence-corrected chi connectivity index (χ3v) is 6.89. The van der Waals surface area contributed by atoms with Crippen molar-refractivity contribution in [1.29, 1.82) is 0 Å². The summed E-state index contributed by atoms with van der Waals surface area (Å²) in [4.78, 5) is 4.97. The van der Waals surface area contributed by atoms with Crippen LogP contribution in [0.4, 0.5) is 0 Å². The summed E-state index contributed by atoms with van der Waals surface area (Å²) in [7, 11) is 0. The topological polar surface area (TPSA) is 53.4 Å². The fourth-order valence-corrected chi connectivity index (χ4v) is 4.04. The molecule has 1 heterocycles. The average Bonchev–Trinajstić information content (AvgIpc) is 2.70. The fraction of sp³-hybridized carbons (Fsp3) is 0.531. The van der Waals surface area contributed by atoms with Crippen molar-refractivity contribution in [3.05, 3.63) is 63.7 Å². The van der Waals surface area contributed by atoms with Crippen molar-refractivity contribution in [2.24, 2.45) is 10.8 Å². The zero-order valence-electron chi connectivity index (χ0n) is 24.3. The quantitative estimate of drug-likeness (QED) is 0.281. The Hall–Kier alpha value is -1.58. The second kappa shape index (κ2) is 12.3. The van der Waals surface area contributed by atoms with Gasteiger partial charge in [0, 0.05) is 31.9 Å². The van der Waals surface area contributed by atoms with Gasteiger partial charge in [-0.15, -0.1) is 34.4 Å². The molecule has 1 aromatic heterocycles. The van der Waals surface area contributed by atoms with Crippen molar-refractivity contribution in [3.8, 4) is 11.3 Å². The summed E-state index contributed by atoms with van der Waals surface area (Å²) in [6.45, 7) is 24.7. The number of pyridine rings is 1. The molecular weight excluding hydrogens is 623 g/mol. The SMILES string of the molecule is CC(C)(C)C(O)CC(O)C(C)(C)C.Cc1cc(C)c2cc(C)c(-c3[c-]c(C)c(C)cc3C)nc2c1.[Ir]. The second-order valence-corrected chi connectivity index (χ2v) is 12.4. The van der Waals surface area contributed by atoms with Gasteiger partial charge < -0.3 is 10.2 Å². The van der Waals surface area contributed by atoms with Gasteiger partial charge in [-0.3, -0.25) is 4.98 Å². The van der Waals surface area contributed by atoms with Crippen molar-refractivity contribution < 1.29 is 30.3 Å². The van der Waals surface area contributed by atoms with Gasteiger partial charge in [-0.05, 0) is 54.5 Å². The second-order valence-electron chi connectivity index (χ2n) is 12.4. The largest absolute Gasteiger partial charge is 0.392 e. The summed E-state index contributed by atoms with van der Waals surface area (Å²) in [6.07, 6.45) is -0.434. The number of nitrogens with zero attached hydrogens (tertiary/aromatic N) is 1. The molecule has 3 nitrogen and oxygen atoms in total. The predicted octanol–water partition coefficient (Wildman–Crippen LogP) is 7.74. The van der Waals surface area contributed by atoms with Crippen molar-refractivity contribution in [1.82, 2.24) is 4.98 Å². The molecule has 201 valence electrons. The third-order valence-electron chi connectivity index (χ3n) is 6.89. The number of aliphatic hydroxyl groups excluding tert-OH is 2. The maximum absolute atomic E-state index is 9.76. The van der Waals surface area contributed by atoms with Crippen LogP contribution in [-0.2, 0) is 20.1 Å². The monoisotopic (exact) mass is 669 g/mol. The van der Waals surface area contributed by atoms with Gasteiger partial charge in [0.2, 0.25) is 0 Å². The van der Waals surface area contributed by atoms with Gasteiger partial charge in [0.25, 0.3) is 0 Å². The van der Waals surface area contributed by atoms with E-state index in [1.165, 1.54) is 38.8 Å². The number of hydrogen-bond acceptors (Lipinski definition) is 3. The van der Waals surface area contributed by atoms with Crippen LogP contribution in [0.3, 0.4) is 0 Å². The Bertz CT molecular complexity index is 1170. The van der Waals surface area contributed by atoms with Crippen LogP contribution in [0.15, 0.2) is 24.3 Å². The molecule has 1 radical (unpaired) electrons. The molecule has 0 spiro atoms. The Morgan fingerprint density at radius 1 is 0.722 bits per heavy atom. The average molecular weight is 669 g/mol. The first-order valence-electron chi connectivity index (χ1n) is 12.7. The molecule has 2 unspecified atom stereocenters. The number of rotatable bonds is 3. The summed E-state index contributed by atoms with van der Waals surface area (Å²) >= 11 is 0. The van der Waals surface area contributed by atoms with Gasteiger partial charge in [0.1, 0.15) is 0 Å². The van der Waals surface area contributed by atoms with Gasteiger partial charge in [0.15, 0.2) is 0 Å². The number of aliphatic hydroxyl groups is 2. The van der Waals surface area contributed by atoms with E-state index < -0.39 is 12.2 Å². The summed E-state index contributed by atoms with van der Waals surface area (Å²) < 4.78 is 0. The summed E-state index contributed by atoms with van der Waals surface area (Å²) in [5.74, 6) is 0. The third kappa shape index (κ3) is 8.21. The molecule has 0 bridgehead atoms. The van der Waals surface area contributed by atoms with Crippen LogP contribution in [-0.4, -0.2) is 27.4 Å². The van der Waals surface area contributed by atoms with Crippen LogP contribution < -0.4 is 0 Å². The van der Waals surface area contributed by atoms with E-state index in [9.17, 15) is 10.2 Å². The van der Waals surface area contributed by atoms with Gasteiger partial charge in [-0.25, -0.2) is 0 Å². The molecule has 0 aliphatic rings. The van der Waals surface area contributed by atoms with E-state index in [1.54, 1.807) is 0 Å². The van der Waals surface area contributed by atoms with E-state index in [0.29, 0.717) is 6.42 Å². The van der Waals surface area contributed by atoms with Crippen LogP contribution in [0.25, 0.3) is 22.2 Å². The number of aromatic nitrogens is 1. The van der Waals surface area contributed by atoms with E-state index in [4.69, 9.17) is 4.98 Å². The van der Waals surface area contributed by atoms with Crippen molar-refractivity contribution in [2.45, 2.75) is 102 Å². The molecule has 4 heteroatoms. The van der Waals surface area contributed by atoms with E-state index in [-0.39, 0.29) is 30.9 Å². The van der Waals surface area contributed by atoms with Gasteiger partial charge in [-0.2, -0.15) is 0 Å². The Morgan fingerprint density at radius 3 is 1.75 bits per heavy atom. The minimum absolute atomic E-state index is 0. The molecule has 2 aromatic carbocycles. The van der Waals surface area contributed by atoms with E-state index in [0.717, 1.165) is 16.8 Å². The van der Waals surface area contributed by atoms with Crippen molar-refractivity contribution >= 4 is 10.9 Å². The number of hydrogen-bond donors (Lipinski definition) is 2. The molecule has 2 atom stereocenters. The van der Waals surface area contributed by atoms with E-state index >= 15 is 0 Å². The molecular formula is C32H46IrNO2-. The van der Waals surface area contributed by atoms with Gasteiger partial charge >= 0.3 is 0 Å². The van der Waals surface area contributed by atoms with Gasteiger partial charge in [-0.1, -0.05) is 80.0 Å². The standard InChI is InChI=1S/C21H22N.C11H24O2.Ir/c1-12-7-15(4)18-11-17(6)21(22-20(18)8-12)19-10-14(3)13(2)9-16(19)5;1-10(2,3)8(12)7-9(13)11(4,5)6;/h7-9,11H,1-6H3;8-9,12-13H,7H2,1-6H3;/q-1;;. The molecule has 36 heavy (non-hydrogen) atoms. The van der Waals surface area contributed by atoms with Gasteiger partial charge in [0.05, 0.1) is 17.7 Å². The van der Waals surface area contributed by atoms with Crippen LogP contribution in [0.5, 0.6) is 0 Å². The summed E-state index contributed by atoms with van der Waals surface area (Å²) in [5.41, 5.74) is 10.4. The minimum Gasteiger partial charge on any atom is -0.392 e. The van der Waals surface area contributed by atoms with Crippen LogP contribution >= 0.6 is 0 Å². The molecule has 2 N–H and O–H groups in total. The van der Waals surface area contributed by atoms with E-state index in [2.05, 4.69) is 71.9 Å². The Balaban J connectivity index is 0.000000402. The summed E-state index contributed by atoms with van der Waals surface area (Å²) in [6, 6.07) is 12.4. The fourth-order valence-electron chi connectivity index (χ4n) is 4.04. The molecule has 0 fully saturated rings. The number of aryl methyl sites for hydroxylation is 6. The molecule has 0 saturated heterocycles. The molecule has 0 saturated carbocycles. The Morgan fingerprint density at radius 2 is 1.25 bits per heavy atom. The first kappa shape index (κ1) is 32.4. The zero-order chi connectivity index (χ0) is 26.9. The molecule has 0 aliphatic heterocycles. The summed E-state index contributed by atoms with van der Waals surface area (Å²) in [5, 5.41) is 20.8. The first-order valence-corrected chi connectivity index (χ1v) is 12.7. The number of benzene rings is 2. The Kier molecular flexibility index (Phi) is 11.1. The number of fused-ring (bicyclic) bond motifs is 1. The van der Waals surface area contributed by atoms with Crippen LogP contribution in [0, 0.1) is 58.4 Å². The molecule has 3 rings (SSSR count). The van der Waals surface area contributed by atoms with Crippen molar-refractivity contribution in [3.63, 3.8) is 0 Å². The predicted molar refractivity (Wildman–Crippen MR) is 150 cm³/mol. The molecule has 0 aliphatic carbocycles. The minimum atomic E-state index is -0.443. The molecule has 0 amide bonds. The maximum atomic E-state index is 9.76. The maximum Gasteiger partial charge on any atom is 0.0613 e. The molecule has 3 aromatic rings. The zero-order valence-corrected chi connectivity index (χ0v) is 26.7. The first-order chi connectivity index (χ1) is 15.9. The normalized spacial score (nSPS) is 13.5. The van der Waals surface area contributed by atoms with E-state index in [1.807, 2.05) is 41.5 Å². The Labute approximate surface area is 233 Å². The van der Waals surface area contributed by atoms with Crippen LogP contribution in [0.2, 0.25) is 0 Å². The smallest absolute Gasteiger partial charge is 0.0613 e. The van der Waals surface area contributed by atoms with Crippen molar-refractivity contribution in [2.75, 3.05) is 0 Å². The van der Waals surface area contributed by atoms with Crippen LogP contribution in [0.1, 0.15) is 81.3 Å².